The third kappa shape index (κ3) is 3.25. The van der Waals surface area contributed by atoms with Crippen molar-refractivity contribution in [3.8, 4) is 10.9 Å². The molecule has 5 nitrogen and oxygen atoms in total. The molecule has 1 N–H and O–H groups in total. The number of hydrogen-bond acceptors (Lipinski definition) is 5. The molecule has 17 heavy (non-hydrogen) atoms. The third-order valence-electron chi connectivity index (χ3n) is 1.78. The fraction of sp³-hybridized carbons (Fsp3) is 0. The van der Waals surface area contributed by atoms with Crippen molar-refractivity contribution in [2.75, 3.05) is 0 Å². The van der Waals surface area contributed by atoms with Crippen LogP contribution >= 0.6 is 27.3 Å². The van der Waals surface area contributed by atoms with E-state index in [1.165, 1.54) is 35.6 Å². The summed E-state index contributed by atoms with van der Waals surface area (Å²) in [5.41, 5.74) is 0. The van der Waals surface area contributed by atoms with E-state index < -0.39 is 10.1 Å². The highest BCUT2D eigenvalue weighted by Gasteiger charge is 2.09. The average molecular weight is 336 g/mol. The molecule has 8 heteroatoms. The van der Waals surface area contributed by atoms with Crippen LogP contribution < -0.4 is 4.74 Å². The van der Waals surface area contributed by atoms with Gasteiger partial charge in [0.2, 0.25) is 0 Å². The standard InChI is InChI=1S/C9H6BrNO4S2/c10-8-5-11-9(16-8)15-6-1-3-7(4-2-6)17(12,13)14/h1-5H,(H,12,13,14). The van der Waals surface area contributed by atoms with Crippen LogP contribution in [-0.4, -0.2) is 18.0 Å². The topological polar surface area (TPSA) is 76.5 Å². The number of ether oxygens (including phenoxy) is 1. The molecule has 2 rings (SSSR count). The maximum Gasteiger partial charge on any atom is 0.294 e. The third-order valence-corrected chi connectivity index (χ3v) is 4.01. The van der Waals surface area contributed by atoms with E-state index in [-0.39, 0.29) is 4.90 Å². The summed E-state index contributed by atoms with van der Waals surface area (Å²) < 4.78 is 36.6. The van der Waals surface area contributed by atoms with Gasteiger partial charge in [0.15, 0.2) is 0 Å². The Balaban J connectivity index is 2.19. The first kappa shape index (κ1) is 12.5. The number of halogens is 1. The first-order valence-electron chi connectivity index (χ1n) is 4.32. The van der Waals surface area contributed by atoms with Gasteiger partial charge in [0.25, 0.3) is 15.3 Å². The molecular weight excluding hydrogens is 330 g/mol. The van der Waals surface area contributed by atoms with E-state index in [0.29, 0.717) is 10.9 Å². The second-order valence-corrected chi connectivity index (χ2v) is 6.77. The summed E-state index contributed by atoms with van der Waals surface area (Å²) in [7, 11) is -4.16. The SMILES string of the molecule is O=S(=O)(O)c1ccc(Oc2ncc(Br)s2)cc1. The summed E-state index contributed by atoms with van der Waals surface area (Å²) in [5.74, 6) is 0.444. The van der Waals surface area contributed by atoms with E-state index >= 15 is 0 Å². The summed E-state index contributed by atoms with van der Waals surface area (Å²) >= 11 is 4.55. The van der Waals surface area contributed by atoms with Gasteiger partial charge in [0, 0.05) is 0 Å². The molecule has 0 aliphatic carbocycles. The zero-order valence-corrected chi connectivity index (χ0v) is 11.4. The van der Waals surface area contributed by atoms with Crippen LogP contribution in [0.3, 0.4) is 0 Å². The first-order chi connectivity index (χ1) is 7.95. The predicted molar refractivity (Wildman–Crippen MR) is 66.1 cm³/mol. The summed E-state index contributed by atoms with van der Waals surface area (Å²) in [5, 5.41) is 0.441. The Bertz CT molecular complexity index is 621. The molecule has 90 valence electrons. The van der Waals surface area contributed by atoms with E-state index in [9.17, 15) is 8.42 Å². The number of benzene rings is 1. The van der Waals surface area contributed by atoms with E-state index in [0.717, 1.165) is 3.79 Å². The maximum atomic E-state index is 10.8. The maximum absolute atomic E-state index is 10.8. The minimum Gasteiger partial charge on any atom is -0.431 e. The summed E-state index contributed by atoms with van der Waals surface area (Å²) in [4.78, 5) is 3.79. The Morgan fingerprint density at radius 3 is 2.41 bits per heavy atom. The lowest BCUT2D eigenvalue weighted by Crippen LogP contribution is -1.97. The van der Waals surface area contributed by atoms with Crippen molar-refractivity contribution in [2.45, 2.75) is 4.90 Å². The smallest absolute Gasteiger partial charge is 0.294 e. The van der Waals surface area contributed by atoms with Crippen LogP contribution in [0.1, 0.15) is 0 Å². The van der Waals surface area contributed by atoms with Gasteiger partial charge in [-0.3, -0.25) is 4.55 Å². The molecule has 1 aromatic carbocycles. The molecule has 0 atom stereocenters. The van der Waals surface area contributed by atoms with Gasteiger partial charge in [-0.05, 0) is 40.2 Å². The highest BCUT2D eigenvalue weighted by Crippen LogP contribution is 2.29. The van der Waals surface area contributed by atoms with Crippen LogP contribution in [0.5, 0.6) is 10.9 Å². The molecular formula is C9H6BrNO4S2. The van der Waals surface area contributed by atoms with Gasteiger partial charge in [-0.2, -0.15) is 8.42 Å². The lowest BCUT2D eigenvalue weighted by molar-refractivity contribution is 0.475. The Hall–Kier alpha value is -0.960. The van der Waals surface area contributed by atoms with E-state index in [4.69, 9.17) is 9.29 Å². The Morgan fingerprint density at radius 1 is 1.29 bits per heavy atom. The molecule has 0 fully saturated rings. The first-order valence-corrected chi connectivity index (χ1v) is 7.37. The van der Waals surface area contributed by atoms with Crippen molar-refractivity contribution < 1.29 is 17.7 Å². The van der Waals surface area contributed by atoms with Crippen LogP contribution in [0.2, 0.25) is 0 Å². The Kier molecular flexibility index (Phi) is 3.48. The molecule has 0 radical (unpaired) electrons. The Morgan fingerprint density at radius 2 is 1.94 bits per heavy atom. The van der Waals surface area contributed by atoms with Crippen LogP contribution in [0.25, 0.3) is 0 Å². The van der Waals surface area contributed by atoms with Gasteiger partial charge >= 0.3 is 0 Å². The summed E-state index contributed by atoms with van der Waals surface area (Å²) in [6.45, 7) is 0. The molecule has 2 aromatic rings. The van der Waals surface area contributed by atoms with Gasteiger partial charge in [0.05, 0.1) is 14.9 Å². The highest BCUT2D eigenvalue weighted by molar-refractivity contribution is 9.11. The van der Waals surface area contributed by atoms with Crippen molar-refractivity contribution >= 4 is 37.4 Å². The monoisotopic (exact) mass is 335 g/mol. The molecule has 0 unspecified atom stereocenters. The lowest BCUT2D eigenvalue weighted by Gasteiger charge is -2.01. The van der Waals surface area contributed by atoms with Crippen LogP contribution in [-0.2, 0) is 10.1 Å². The van der Waals surface area contributed by atoms with Crippen molar-refractivity contribution in [3.63, 3.8) is 0 Å². The molecule has 0 saturated heterocycles. The lowest BCUT2D eigenvalue weighted by atomic mass is 10.3. The molecule has 1 aromatic heterocycles. The number of rotatable bonds is 3. The van der Waals surface area contributed by atoms with Gasteiger partial charge in [-0.1, -0.05) is 11.3 Å². The van der Waals surface area contributed by atoms with Gasteiger partial charge < -0.3 is 4.74 Å². The Labute approximate surface area is 110 Å². The van der Waals surface area contributed by atoms with Gasteiger partial charge in [0.1, 0.15) is 5.75 Å². The molecule has 0 amide bonds. The number of hydrogen-bond donors (Lipinski definition) is 1. The minimum absolute atomic E-state index is 0.176. The second kappa shape index (κ2) is 4.73. The zero-order chi connectivity index (χ0) is 12.5. The second-order valence-electron chi connectivity index (χ2n) is 2.98. The fourth-order valence-electron chi connectivity index (χ4n) is 1.07. The van der Waals surface area contributed by atoms with Crippen molar-refractivity contribution in [3.05, 3.63) is 34.2 Å². The van der Waals surface area contributed by atoms with Crippen molar-refractivity contribution in [1.29, 1.82) is 0 Å². The number of thiazole rings is 1. The quantitative estimate of drug-likeness (QED) is 0.872. The molecule has 1 heterocycles. The normalized spacial score (nSPS) is 11.4. The molecule has 0 aliphatic heterocycles. The number of aromatic nitrogens is 1. The largest absolute Gasteiger partial charge is 0.431 e. The molecule has 0 saturated carbocycles. The molecule has 0 bridgehead atoms. The van der Waals surface area contributed by atoms with Crippen molar-refractivity contribution in [1.82, 2.24) is 4.98 Å². The fourth-order valence-corrected chi connectivity index (χ4v) is 2.58. The van der Waals surface area contributed by atoms with E-state index in [1.54, 1.807) is 6.20 Å². The number of nitrogens with zero attached hydrogens (tertiary/aromatic N) is 1. The van der Waals surface area contributed by atoms with Crippen LogP contribution in [0.4, 0.5) is 0 Å². The average Bonchev–Trinajstić information content (AvgIpc) is 2.63. The van der Waals surface area contributed by atoms with Gasteiger partial charge in [-0.25, -0.2) is 4.98 Å². The molecule has 0 aliphatic rings. The van der Waals surface area contributed by atoms with Crippen LogP contribution in [0, 0.1) is 0 Å². The van der Waals surface area contributed by atoms with Crippen LogP contribution in [0.15, 0.2) is 39.1 Å². The van der Waals surface area contributed by atoms with E-state index in [2.05, 4.69) is 20.9 Å². The van der Waals surface area contributed by atoms with E-state index in [1.807, 2.05) is 0 Å². The minimum atomic E-state index is -4.16. The molecule has 0 spiro atoms. The highest BCUT2D eigenvalue weighted by atomic mass is 79.9. The van der Waals surface area contributed by atoms with Gasteiger partial charge in [-0.15, -0.1) is 0 Å². The predicted octanol–water partition coefficient (Wildman–Crippen LogP) is 2.94. The zero-order valence-electron chi connectivity index (χ0n) is 8.20. The van der Waals surface area contributed by atoms with Crippen molar-refractivity contribution in [2.24, 2.45) is 0 Å². The summed E-state index contributed by atoms with van der Waals surface area (Å²) in [6, 6.07) is 5.40. The summed E-state index contributed by atoms with van der Waals surface area (Å²) in [6.07, 6.45) is 1.60.